The van der Waals surface area contributed by atoms with Crippen LogP contribution in [0.15, 0.2) is 121 Å². The lowest BCUT2D eigenvalue weighted by Crippen LogP contribution is -2.62. The quantitative estimate of drug-likeness (QED) is 0.0407. The van der Waals surface area contributed by atoms with Crippen LogP contribution in [-0.2, 0) is 64.0 Å². The molecule has 26 heteroatoms. The number of H-pyrrole nitrogens is 1. The number of aromatic nitrogens is 1. The number of aliphatic hydroxyl groups is 1. The van der Waals surface area contributed by atoms with E-state index in [9.17, 15) is 43.5 Å². The number of amides is 10. The third kappa shape index (κ3) is 18.9. The molecule has 0 saturated carbocycles. The van der Waals surface area contributed by atoms with Crippen LogP contribution in [0.5, 0.6) is 0 Å². The maximum atomic E-state index is 15.0. The highest BCUT2D eigenvalue weighted by Crippen LogP contribution is 2.25. The zero-order valence-electron chi connectivity index (χ0n) is 46.4. The molecule has 0 aliphatic carbocycles. The summed E-state index contributed by atoms with van der Waals surface area (Å²) < 4.78 is 0. The summed E-state index contributed by atoms with van der Waals surface area (Å²) in [5.74, 6) is -7.50. The van der Waals surface area contributed by atoms with Crippen LogP contribution in [0.2, 0.25) is 5.02 Å². The Morgan fingerprint density at radius 1 is 0.682 bits per heavy atom. The number of hydrogen-bond donors (Lipinski definition) is 14. The Bertz CT molecular complexity index is 3350. The summed E-state index contributed by atoms with van der Waals surface area (Å²) in [7, 11) is 1.97. The standard InChI is InChI=1S/C59H70ClN13O10S2/c1-32(74)50-58(82)72-49(56(80)68-45(51(63)75)27-35-13-18-36-8-2-3-9-37(36)24-35)31-85-84-30-48(71-52(76)42(62)25-33-14-19-39(60)20-15-33)57(81)69-46(26-34-16-21-40(22-17-34)66-59(64)83)54(78)70-47(28-38-29-65-43-11-5-4-10-41(38)43)55(79)67-44(53(77)73-50)12-6-7-23-61/h2-5,8-11,13-22,24,29,32,42,44-50,65,74H,6-7,12,23,25-28,30-31,61-62H2,1H3,(H2,63,75)(H,67,79)(H,68,80)(H,69,81)(H,70,78)(H,71,76)(H,72,82)(H,73,77)(H3,64,66,83)/t32-,42+,44+,45+,46+,47-,48-,49+,50+/m1/s1. The average molecular weight is 1220 g/mol. The Hall–Kier alpha value is -8.20. The second kappa shape index (κ2) is 31.1. The first kappa shape index (κ1) is 64.4. The summed E-state index contributed by atoms with van der Waals surface area (Å²) >= 11 is 6.11. The lowest BCUT2D eigenvalue weighted by molar-refractivity contribution is -0.136. The van der Waals surface area contributed by atoms with Gasteiger partial charge in [-0.1, -0.05) is 118 Å². The molecule has 7 rings (SSSR count). The summed E-state index contributed by atoms with van der Waals surface area (Å²) in [6, 6.07) is 20.9. The first-order valence-corrected chi connectivity index (χ1v) is 30.3. The predicted molar refractivity (Wildman–Crippen MR) is 328 cm³/mol. The number of carbonyl (C=O) groups excluding carboxylic acids is 9. The number of rotatable bonds is 19. The minimum absolute atomic E-state index is 0.0168. The van der Waals surface area contributed by atoms with Crippen LogP contribution < -0.4 is 65.5 Å². The van der Waals surface area contributed by atoms with Gasteiger partial charge in [0.25, 0.3) is 0 Å². The number of aliphatic hydroxyl groups excluding tert-OH is 1. The first-order chi connectivity index (χ1) is 40.7. The number of benzene rings is 5. The zero-order valence-corrected chi connectivity index (χ0v) is 48.8. The van der Waals surface area contributed by atoms with Gasteiger partial charge in [-0.2, -0.15) is 0 Å². The molecule has 0 bridgehead atoms. The number of para-hydroxylation sites is 1. The number of unbranched alkanes of at least 4 members (excludes halogenated alkanes) is 1. The van der Waals surface area contributed by atoms with Crippen molar-refractivity contribution in [2.75, 3.05) is 23.4 Å². The van der Waals surface area contributed by atoms with Gasteiger partial charge in [-0.05, 0) is 103 Å². The fraction of sp³-hybridized carbons (Fsp3) is 0.339. The van der Waals surface area contributed by atoms with Gasteiger partial charge in [0.1, 0.15) is 42.3 Å². The second-order valence-corrected chi connectivity index (χ2v) is 23.6. The van der Waals surface area contributed by atoms with E-state index in [1.165, 1.54) is 19.1 Å². The lowest BCUT2D eigenvalue weighted by atomic mass is 10.0. The third-order valence-corrected chi connectivity index (χ3v) is 16.8. The van der Waals surface area contributed by atoms with Crippen molar-refractivity contribution in [3.05, 3.63) is 149 Å². The number of fused-ring (bicyclic) bond motifs is 2. The van der Waals surface area contributed by atoms with Crippen molar-refractivity contribution in [1.29, 1.82) is 0 Å². The molecule has 450 valence electrons. The Morgan fingerprint density at radius 2 is 1.31 bits per heavy atom. The maximum Gasteiger partial charge on any atom is 0.316 e. The largest absolute Gasteiger partial charge is 0.391 e. The van der Waals surface area contributed by atoms with Crippen LogP contribution in [0.3, 0.4) is 0 Å². The summed E-state index contributed by atoms with van der Waals surface area (Å²) in [5, 5.41) is 35.5. The summed E-state index contributed by atoms with van der Waals surface area (Å²) in [5.41, 5.74) is 27.0. The molecule has 6 aromatic rings. The van der Waals surface area contributed by atoms with Gasteiger partial charge in [0.15, 0.2) is 0 Å². The van der Waals surface area contributed by atoms with Crippen molar-refractivity contribution in [2.45, 2.75) is 106 Å². The monoisotopic (exact) mass is 1220 g/mol. The third-order valence-electron chi connectivity index (χ3n) is 14.1. The van der Waals surface area contributed by atoms with Crippen LogP contribution in [0.1, 0.15) is 48.4 Å². The van der Waals surface area contributed by atoms with E-state index in [2.05, 4.69) is 47.5 Å². The van der Waals surface area contributed by atoms with Crippen molar-refractivity contribution in [3.8, 4) is 0 Å². The fourth-order valence-electron chi connectivity index (χ4n) is 9.48. The normalized spacial score (nSPS) is 20.5. The number of aromatic amines is 1. The summed E-state index contributed by atoms with van der Waals surface area (Å²) in [6.45, 7) is 1.48. The van der Waals surface area contributed by atoms with E-state index in [0.717, 1.165) is 43.3 Å². The van der Waals surface area contributed by atoms with Crippen molar-refractivity contribution in [2.24, 2.45) is 22.9 Å². The molecule has 23 nitrogen and oxygen atoms in total. The number of hydrogen-bond acceptors (Lipinski definition) is 14. The van der Waals surface area contributed by atoms with Gasteiger partial charge >= 0.3 is 6.03 Å². The molecule has 1 aromatic heterocycles. The van der Waals surface area contributed by atoms with Gasteiger partial charge in [-0.3, -0.25) is 38.4 Å². The molecule has 0 radical (unpaired) electrons. The molecule has 0 unspecified atom stereocenters. The molecule has 1 fully saturated rings. The van der Waals surface area contributed by atoms with Crippen molar-refractivity contribution >= 4 is 114 Å². The SMILES string of the molecule is C[C@@H](O)[C@@H]1NC(=O)[C@H](CCCCN)NC(=O)[C@@H](Cc2c[nH]c3ccccc23)NC(=O)[C@H](Cc2ccc(NC(N)=O)cc2)NC(=O)[C@H](NC(=O)[C@@H](N)Cc2ccc(Cl)cc2)CSSC[C@@H](C(=O)N[C@@H](Cc2ccc3ccccc3c2)C(N)=O)NC1=O. The zero-order chi connectivity index (χ0) is 61.2. The minimum atomic E-state index is -1.73. The second-order valence-electron chi connectivity index (χ2n) is 20.6. The number of carbonyl (C=O) groups is 9. The molecule has 2 heterocycles. The number of urea groups is 1. The van der Waals surface area contributed by atoms with Crippen LogP contribution in [-0.4, -0.2) is 136 Å². The number of anilines is 1. The van der Waals surface area contributed by atoms with E-state index < -0.39 is 108 Å². The number of primary amides is 2. The van der Waals surface area contributed by atoms with Crippen LogP contribution in [0, 0.1) is 0 Å². The van der Waals surface area contributed by atoms with Gasteiger partial charge in [0, 0.05) is 58.6 Å². The van der Waals surface area contributed by atoms with Gasteiger partial charge < -0.3 is 75.6 Å². The van der Waals surface area contributed by atoms with Crippen molar-refractivity contribution < 1.29 is 48.3 Å². The van der Waals surface area contributed by atoms with Crippen molar-refractivity contribution in [1.82, 2.24) is 42.2 Å². The average Bonchev–Trinajstić information content (AvgIpc) is 3.51. The van der Waals surface area contributed by atoms with Gasteiger partial charge in [-0.15, -0.1) is 0 Å². The molecule has 0 spiro atoms. The van der Waals surface area contributed by atoms with E-state index >= 15 is 4.79 Å². The molecular formula is C59H70ClN13O10S2. The van der Waals surface area contributed by atoms with Crippen LogP contribution in [0.25, 0.3) is 21.7 Å². The highest BCUT2D eigenvalue weighted by molar-refractivity contribution is 8.76. The summed E-state index contributed by atoms with van der Waals surface area (Å²) in [4.78, 5) is 130. The topological polar surface area (TPSA) is 390 Å². The van der Waals surface area contributed by atoms with Crippen LogP contribution >= 0.6 is 33.2 Å². The lowest BCUT2D eigenvalue weighted by Gasteiger charge is -2.29. The molecule has 1 saturated heterocycles. The van der Waals surface area contributed by atoms with Gasteiger partial charge in [0.2, 0.25) is 47.3 Å². The highest BCUT2D eigenvalue weighted by Gasteiger charge is 2.37. The fourth-order valence-corrected chi connectivity index (χ4v) is 11.9. The smallest absolute Gasteiger partial charge is 0.316 e. The highest BCUT2D eigenvalue weighted by atomic mass is 35.5. The van der Waals surface area contributed by atoms with E-state index in [-0.39, 0.29) is 50.2 Å². The minimum Gasteiger partial charge on any atom is -0.391 e. The number of halogens is 1. The molecule has 9 atom stereocenters. The molecule has 5 aromatic carbocycles. The molecule has 85 heavy (non-hydrogen) atoms. The Morgan fingerprint density at radius 3 is 2.00 bits per heavy atom. The van der Waals surface area contributed by atoms with E-state index in [0.29, 0.717) is 45.8 Å². The molecule has 1 aliphatic heterocycles. The first-order valence-electron chi connectivity index (χ1n) is 27.5. The Balaban J connectivity index is 1.26. The van der Waals surface area contributed by atoms with Gasteiger partial charge in [0.05, 0.1) is 12.1 Å². The van der Waals surface area contributed by atoms with E-state index in [1.54, 1.807) is 54.7 Å². The van der Waals surface area contributed by atoms with E-state index in [4.69, 9.17) is 34.5 Å². The Kier molecular flexibility index (Phi) is 23.5. The van der Waals surface area contributed by atoms with Crippen molar-refractivity contribution in [3.63, 3.8) is 0 Å². The maximum absolute atomic E-state index is 15.0. The van der Waals surface area contributed by atoms with Gasteiger partial charge in [-0.25, -0.2) is 4.79 Å². The van der Waals surface area contributed by atoms with Crippen LogP contribution in [0.4, 0.5) is 10.5 Å². The van der Waals surface area contributed by atoms with E-state index in [1.807, 2.05) is 54.6 Å². The number of nitrogens with one attached hydrogen (secondary N) is 9. The Labute approximate surface area is 503 Å². The predicted octanol–water partition coefficient (Wildman–Crippen LogP) is 1.85. The molecular weight excluding hydrogens is 1150 g/mol. The molecule has 18 N–H and O–H groups in total. The number of nitrogens with two attached hydrogens (primary N) is 4. The molecule has 10 amide bonds. The molecule has 1 aliphatic rings. The summed E-state index contributed by atoms with van der Waals surface area (Å²) in [6.07, 6.45) is 0.451.